The van der Waals surface area contributed by atoms with E-state index in [-0.39, 0.29) is 6.03 Å². The Morgan fingerprint density at radius 2 is 1.72 bits per heavy atom. The van der Waals surface area contributed by atoms with Gasteiger partial charge in [-0.15, -0.1) is 0 Å². The molecule has 0 atom stereocenters. The number of hydrogen-bond acceptors (Lipinski definition) is 2. The van der Waals surface area contributed by atoms with E-state index >= 15 is 0 Å². The maximum absolute atomic E-state index is 12.8. The van der Waals surface area contributed by atoms with Crippen molar-refractivity contribution >= 4 is 29.4 Å². The lowest BCUT2D eigenvalue weighted by Gasteiger charge is -2.32. The standard InChI is InChI=1S/C27H32ClN3O/c28-25-8-5-21(6-9-25)22-11-15-31(16-12-22)27(32)29-26-10-7-23-17-20(3-4-24(23)18-26)19-30-13-1-2-14-30/h5-10,17-18,22H,1-4,11-16,19H2,(H,29,32). The molecule has 0 radical (unpaired) electrons. The van der Waals surface area contributed by atoms with Crippen LogP contribution in [-0.2, 0) is 6.42 Å². The predicted octanol–water partition coefficient (Wildman–Crippen LogP) is 6.18. The van der Waals surface area contributed by atoms with E-state index in [4.69, 9.17) is 11.6 Å². The molecule has 0 spiro atoms. The SMILES string of the molecule is O=C(Nc1ccc2c(c1)CCC(CN1CCCC1)=C2)N1CCC(c2ccc(Cl)cc2)CC1. The third-order valence-corrected chi connectivity index (χ3v) is 7.47. The van der Waals surface area contributed by atoms with E-state index in [2.05, 4.69) is 40.6 Å². The number of anilines is 1. The van der Waals surface area contributed by atoms with Gasteiger partial charge in [0.1, 0.15) is 0 Å². The van der Waals surface area contributed by atoms with Gasteiger partial charge in [0.05, 0.1) is 0 Å². The van der Waals surface area contributed by atoms with Gasteiger partial charge in [0.2, 0.25) is 0 Å². The molecule has 4 nitrogen and oxygen atoms in total. The van der Waals surface area contributed by atoms with Gasteiger partial charge in [0, 0.05) is 30.3 Å². The topological polar surface area (TPSA) is 35.6 Å². The van der Waals surface area contributed by atoms with Crippen molar-refractivity contribution < 1.29 is 4.79 Å². The number of carbonyl (C=O) groups excluding carboxylic acids is 1. The molecule has 2 saturated heterocycles. The highest BCUT2D eigenvalue weighted by Crippen LogP contribution is 2.30. The first-order valence-corrected chi connectivity index (χ1v) is 12.4. The molecule has 1 aliphatic carbocycles. The van der Waals surface area contributed by atoms with Crippen molar-refractivity contribution in [1.29, 1.82) is 0 Å². The summed E-state index contributed by atoms with van der Waals surface area (Å²) in [7, 11) is 0. The number of piperidine rings is 1. The zero-order chi connectivity index (χ0) is 21.9. The van der Waals surface area contributed by atoms with E-state index in [0.717, 1.165) is 56.0 Å². The van der Waals surface area contributed by atoms with Crippen molar-refractivity contribution in [3.8, 4) is 0 Å². The number of benzene rings is 2. The Hall–Kier alpha value is -2.30. The zero-order valence-corrected chi connectivity index (χ0v) is 19.4. The Bertz CT molecular complexity index is 986. The average Bonchev–Trinajstić information content (AvgIpc) is 3.33. The van der Waals surface area contributed by atoms with Crippen LogP contribution in [0.4, 0.5) is 10.5 Å². The molecule has 5 heteroatoms. The van der Waals surface area contributed by atoms with Crippen LogP contribution in [0.25, 0.3) is 6.08 Å². The number of aryl methyl sites for hydroxylation is 1. The normalized spacial score (nSPS) is 19.5. The van der Waals surface area contributed by atoms with Crippen molar-refractivity contribution in [3.63, 3.8) is 0 Å². The summed E-state index contributed by atoms with van der Waals surface area (Å²) in [6.45, 7) is 5.17. The molecule has 2 aliphatic heterocycles. The monoisotopic (exact) mass is 449 g/mol. The van der Waals surface area contributed by atoms with Crippen LogP contribution in [0.1, 0.15) is 54.7 Å². The van der Waals surface area contributed by atoms with Crippen LogP contribution >= 0.6 is 11.6 Å². The maximum Gasteiger partial charge on any atom is 0.321 e. The smallest absolute Gasteiger partial charge is 0.321 e. The second-order valence-electron chi connectivity index (χ2n) is 9.44. The number of urea groups is 1. The summed E-state index contributed by atoms with van der Waals surface area (Å²) >= 11 is 6.01. The fourth-order valence-corrected chi connectivity index (χ4v) is 5.46. The van der Waals surface area contributed by atoms with Crippen LogP contribution in [0.3, 0.4) is 0 Å². The predicted molar refractivity (Wildman–Crippen MR) is 132 cm³/mol. The summed E-state index contributed by atoms with van der Waals surface area (Å²) < 4.78 is 0. The number of carbonyl (C=O) groups is 1. The van der Waals surface area contributed by atoms with Gasteiger partial charge in [-0.25, -0.2) is 4.79 Å². The highest BCUT2D eigenvalue weighted by Gasteiger charge is 2.24. The number of halogens is 1. The molecule has 2 aromatic carbocycles. The summed E-state index contributed by atoms with van der Waals surface area (Å²) in [4.78, 5) is 17.4. The lowest BCUT2D eigenvalue weighted by Crippen LogP contribution is -2.40. The summed E-state index contributed by atoms with van der Waals surface area (Å²) in [5, 5.41) is 3.91. The summed E-state index contributed by atoms with van der Waals surface area (Å²) in [6.07, 6.45) is 9.21. The van der Waals surface area contributed by atoms with Crippen LogP contribution in [0.15, 0.2) is 48.0 Å². The quantitative estimate of drug-likeness (QED) is 0.605. The first-order chi connectivity index (χ1) is 15.6. The van der Waals surface area contributed by atoms with Crippen molar-refractivity contribution in [2.75, 3.05) is 38.0 Å². The second-order valence-corrected chi connectivity index (χ2v) is 9.88. The molecule has 32 heavy (non-hydrogen) atoms. The van der Waals surface area contributed by atoms with Crippen molar-refractivity contribution in [2.24, 2.45) is 0 Å². The van der Waals surface area contributed by atoms with Crippen LogP contribution in [0.5, 0.6) is 0 Å². The van der Waals surface area contributed by atoms with Crippen molar-refractivity contribution in [1.82, 2.24) is 9.80 Å². The van der Waals surface area contributed by atoms with Crippen molar-refractivity contribution in [2.45, 2.75) is 44.4 Å². The molecule has 2 amide bonds. The lowest BCUT2D eigenvalue weighted by atomic mass is 9.89. The molecule has 2 aromatic rings. The van der Waals surface area contributed by atoms with Crippen LogP contribution in [-0.4, -0.2) is 48.6 Å². The Labute approximate surface area is 196 Å². The van der Waals surface area contributed by atoms with Gasteiger partial charge in [-0.2, -0.15) is 0 Å². The molecule has 2 fully saturated rings. The van der Waals surface area contributed by atoms with E-state index in [1.54, 1.807) is 5.57 Å². The van der Waals surface area contributed by atoms with Gasteiger partial charge in [0.25, 0.3) is 0 Å². The highest BCUT2D eigenvalue weighted by atomic mass is 35.5. The lowest BCUT2D eigenvalue weighted by molar-refractivity contribution is 0.194. The third-order valence-electron chi connectivity index (χ3n) is 7.22. The fourth-order valence-electron chi connectivity index (χ4n) is 5.33. The Balaban J connectivity index is 1.16. The fraction of sp³-hybridized carbons (Fsp3) is 0.444. The number of nitrogens with zero attached hydrogens (tertiary/aromatic N) is 2. The molecular formula is C27H32ClN3O. The van der Waals surface area contributed by atoms with Crippen LogP contribution in [0, 0.1) is 0 Å². The van der Waals surface area contributed by atoms with Gasteiger partial charge < -0.3 is 10.2 Å². The Morgan fingerprint density at radius 1 is 0.969 bits per heavy atom. The van der Waals surface area contributed by atoms with Gasteiger partial charge in [-0.05, 0) is 98.5 Å². The number of amides is 2. The zero-order valence-electron chi connectivity index (χ0n) is 18.7. The molecule has 5 rings (SSSR count). The van der Waals surface area contributed by atoms with E-state index < -0.39 is 0 Å². The largest absolute Gasteiger partial charge is 0.324 e. The Kier molecular flexibility index (Phi) is 6.52. The van der Waals surface area contributed by atoms with Gasteiger partial charge >= 0.3 is 6.03 Å². The number of hydrogen-bond donors (Lipinski definition) is 1. The number of nitrogens with one attached hydrogen (secondary N) is 1. The number of rotatable bonds is 4. The van der Waals surface area contributed by atoms with Gasteiger partial charge in [0.15, 0.2) is 0 Å². The Morgan fingerprint density at radius 3 is 2.47 bits per heavy atom. The third kappa shape index (κ3) is 5.02. The minimum absolute atomic E-state index is 0.0144. The average molecular weight is 450 g/mol. The van der Waals surface area contributed by atoms with Crippen LogP contribution < -0.4 is 5.32 Å². The van der Waals surface area contributed by atoms with E-state index in [1.807, 2.05) is 23.1 Å². The van der Waals surface area contributed by atoms with Gasteiger partial charge in [-0.1, -0.05) is 41.4 Å². The second kappa shape index (κ2) is 9.68. The molecular weight excluding hydrogens is 418 g/mol. The molecule has 0 bridgehead atoms. The summed E-state index contributed by atoms with van der Waals surface area (Å²) in [6, 6.07) is 14.5. The minimum Gasteiger partial charge on any atom is -0.324 e. The number of fused-ring (bicyclic) bond motifs is 1. The maximum atomic E-state index is 12.8. The molecule has 0 aromatic heterocycles. The van der Waals surface area contributed by atoms with E-state index in [9.17, 15) is 4.79 Å². The molecule has 3 aliphatic rings. The summed E-state index contributed by atoms with van der Waals surface area (Å²) in [5.41, 5.74) is 6.42. The highest BCUT2D eigenvalue weighted by molar-refractivity contribution is 6.30. The van der Waals surface area contributed by atoms with E-state index in [0.29, 0.717) is 5.92 Å². The number of likely N-dealkylation sites (tertiary alicyclic amines) is 2. The van der Waals surface area contributed by atoms with Gasteiger partial charge in [-0.3, -0.25) is 4.90 Å². The van der Waals surface area contributed by atoms with Crippen molar-refractivity contribution in [3.05, 3.63) is 69.8 Å². The van der Waals surface area contributed by atoms with Crippen LogP contribution in [0.2, 0.25) is 5.02 Å². The first-order valence-electron chi connectivity index (χ1n) is 12.0. The molecule has 0 unspecified atom stereocenters. The minimum atomic E-state index is 0.0144. The summed E-state index contributed by atoms with van der Waals surface area (Å²) in [5.74, 6) is 0.501. The first kappa shape index (κ1) is 21.5. The molecule has 168 valence electrons. The molecule has 1 N–H and O–H groups in total. The molecule has 0 saturated carbocycles. The molecule has 2 heterocycles. The van der Waals surface area contributed by atoms with E-state index in [1.165, 1.54) is 42.6 Å².